The van der Waals surface area contributed by atoms with Gasteiger partial charge in [0.1, 0.15) is 5.82 Å². The van der Waals surface area contributed by atoms with Crippen LogP contribution in [0.5, 0.6) is 0 Å². The fourth-order valence-electron chi connectivity index (χ4n) is 3.42. The van der Waals surface area contributed by atoms with Gasteiger partial charge in [0.2, 0.25) is 0 Å². The van der Waals surface area contributed by atoms with E-state index in [2.05, 4.69) is 15.9 Å². The standard InChI is InChI=1S/C14H16BrFO/c15-13-9(2-1-3-12(13)16)5-14(8-17)6-10-4-11(10)7-14/h1-3,10-11,17H,4-8H2. The maximum Gasteiger partial charge on any atom is 0.137 e. The third-order valence-corrected chi connectivity index (χ3v) is 5.28. The van der Waals surface area contributed by atoms with E-state index in [9.17, 15) is 9.50 Å². The summed E-state index contributed by atoms with van der Waals surface area (Å²) >= 11 is 3.31. The molecule has 0 spiro atoms. The zero-order valence-electron chi connectivity index (χ0n) is 9.63. The van der Waals surface area contributed by atoms with Gasteiger partial charge in [0, 0.05) is 6.61 Å². The normalized spacial score (nSPS) is 34.8. The van der Waals surface area contributed by atoms with Crippen LogP contribution in [-0.4, -0.2) is 11.7 Å². The Morgan fingerprint density at radius 3 is 2.71 bits per heavy atom. The number of benzene rings is 1. The van der Waals surface area contributed by atoms with Crippen LogP contribution in [0.1, 0.15) is 24.8 Å². The molecule has 0 heterocycles. The first-order chi connectivity index (χ1) is 8.13. The molecule has 17 heavy (non-hydrogen) atoms. The first-order valence-corrected chi connectivity index (χ1v) is 6.97. The molecule has 1 aromatic rings. The van der Waals surface area contributed by atoms with Crippen molar-refractivity contribution in [1.82, 2.24) is 0 Å². The molecular formula is C14H16BrFO. The summed E-state index contributed by atoms with van der Waals surface area (Å²) in [4.78, 5) is 0. The van der Waals surface area contributed by atoms with E-state index in [4.69, 9.17) is 0 Å². The number of hydrogen-bond donors (Lipinski definition) is 1. The second-order valence-corrected chi connectivity index (χ2v) is 6.50. The highest BCUT2D eigenvalue weighted by molar-refractivity contribution is 9.10. The fraction of sp³-hybridized carbons (Fsp3) is 0.571. The minimum absolute atomic E-state index is 0.00387. The van der Waals surface area contributed by atoms with Gasteiger partial charge < -0.3 is 5.11 Å². The van der Waals surface area contributed by atoms with Gasteiger partial charge in [-0.1, -0.05) is 12.1 Å². The number of hydrogen-bond acceptors (Lipinski definition) is 1. The van der Waals surface area contributed by atoms with Gasteiger partial charge in [0.25, 0.3) is 0 Å². The predicted molar refractivity (Wildman–Crippen MR) is 68.2 cm³/mol. The third kappa shape index (κ3) is 2.04. The summed E-state index contributed by atoms with van der Waals surface area (Å²) in [6, 6.07) is 5.16. The molecular weight excluding hydrogens is 283 g/mol. The first kappa shape index (κ1) is 11.7. The molecule has 1 nitrogen and oxygen atoms in total. The molecule has 3 rings (SSSR count). The van der Waals surface area contributed by atoms with Crippen LogP contribution in [-0.2, 0) is 6.42 Å². The molecule has 1 aromatic carbocycles. The fourth-order valence-corrected chi connectivity index (χ4v) is 3.83. The van der Waals surface area contributed by atoms with Crippen LogP contribution in [0.15, 0.2) is 22.7 Å². The smallest absolute Gasteiger partial charge is 0.137 e. The molecule has 1 N–H and O–H groups in total. The van der Waals surface area contributed by atoms with Gasteiger partial charge in [-0.3, -0.25) is 0 Å². The molecule has 0 saturated heterocycles. The van der Waals surface area contributed by atoms with E-state index in [1.165, 1.54) is 12.5 Å². The lowest BCUT2D eigenvalue weighted by Gasteiger charge is -2.29. The number of halogens is 2. The monoisotopic (exact) mass is 298 g/mol. The van der Waals surface area contributed by atoms with Crippen LogP contribution >= 0.6 is 15.9 Å². The Morgan fingerprint density at radius 2 is 2.06 bits per heavy atom. The van der Waals surface area contributed by atoms with Gasteiger partial charge in [0.05, 0.1) is 4.47 Å². The minimum Gasteiger partial charge on any atom is -0.396 e. The van der Waals surface area contributed by atoms with E-state index in [-0.39, 0.29) is 17.8 Å². The minimum atomic E-state index is -0.209. The summed E-state index contributed by atoms with van der Waals surface area (Å²) in [5, 5.41) is 9.67. The molecule has 0 aromatic heterocycles. The molecule has 2 fully saturated rings. The quantitative estimate of drug-likeness (QED) is 0.905. The number of fused-ring (bicyclic) bond motifs is 1. The van der Waals surface area contributed by atoms with Crippen LogP contribution in [0.3, 0.4) is 0 Å². The van der Waals surface area contributed by atoms with Crippen molar-refractivity contribution in [2.24, 2.45) is 17.3 Å². The van der Waals surface area contributed by atoms with E-state index in [0.717, 1.165) is 36.7 Å². The van der Waals surface area contributed by atoms with Crippen molar-refractivity contribution < 1.29 is 9.50 Å². The molecule has 2 unspecified atom stereocenters. The number of aliphatic hydroxyl groups is 1. The van der Waals surface area contributed by atoms with Crippen molar-refractivity contribution in [3.8, 4) is 0 Å². The second kappa shape index (κ2) is 4.06. The van der Waals surface area contributed by atoms with Crippen molar-refractivity contribution in [2.75, 3.05) is 6.61 Å². The van der Waals surface area contributed by atoms with Crippen LogP contribution < -0.4 is 0 Å². The lowest BCUT2D eigenvalue weighted by atomic mass is 9.78. The summed E-state index contributed by atoms with van der Waals surface area (Å²) in [7, 11) is 0. The average Bonchev–Trinajstić information content (AvgIpc) is 2.94. The Labute approximate surface area is 109 Å². The summed E-state index contributed by atoms with van der Waals surface area (Å²) in [6.45, 7) is 0.225. The van der Waals surface area contributed by atoms with Crippen molar-refractivity contribution in [1.29, 1.82) is 0 Å². The van der Waals surface area contributed by atoms with Gasteiger partial charge in [-0.2, -0.15) is 0 Å². The molecule has 0 bridgehead atoms. The highest BCUT2D eigenvalue weighted by Gasteiger charge is 2.53. The lowest BCUT2D eigenvalue weighted by Crippen LogP contribution is -2.26. The molecule has 0 radical (unpaired) electrons. The van der Waals surface area contributed by atoms with Crippen LogP contribution in [0.25, 0.3) is 0 Å². The Balaban J connectivity index is 1.83. The van der Waals surface area contributed by atoms with Crippen molar-refractivity contribution >= 4 is 15.9 Å². The topological polar surface area (TPSA) is 20.2 Å². The Kier molecular flexibility index (Phi) is 2.79. The average molecular weight is 299 g/mol. The van der Waals surface area contributed by atoms with Gasteiger partial charge in [0.15, 0.2) is 0 Å². The summed E-state index contributed by atoms with van der Waals surface area (Å²) in [6.07, 6.45) is 4.34. The number of aliphatic hydroxyl groups excluding tert-OH is 1. The van der Waals surface area contributed by atoms with Crippen molar-refractivity contribution in [3.63, 3.8) is 0 Å². The summed E-state index contributed by atoms with van der Waals surface area (Å²) in [5.74, 6) is 1.45. The molecule has 2 aliphatic rings. The largest absolute Gasteiger partial charge is 0.396 e. The summed E-state index contributed by atoms with van der Waals surface area (Å²) in [5.41, 5.74) is 0.990. The zero-order chi connectivity index (χ0) is 12.0. The second-order valence-electron chi connectivity index (χ2n) is 5.71. The van der Waals surface area contributed by atoms with E-state index in [1.807, 2.05) is 6.07 Å². The molecule has 3 heteroatoms. The molecule has 0 amide bonds. The van der Waals surface area contributed by atoms with Gasteiger partial charge in [-0.05, 0) is 70.5 Å². The molecule has 2 aliphatic carbocycles. The van der Waals surface area contributed by atoms with E-state index < -0.39 is 0 Å². The van der Waals surface area contributed by atoms with Crippen molar-refractivity contribution in [3.05, 3.63) is 34.1 Å². The van der Waals surface area contributed by atoms with Crippen LogP contribution in [0.4, 0.5) is 4.39 Å². The Hall–Kier alpha value is -0.410. The van der Waals surface area contributed by atoms with E-state index >= 15 is 0 Å². The van der Waals surface area contributed by atoms with Gasteiger partial charge in [-0.25, -0.2) is 4.39 Å². The van der Waals surface area contributed by atoms with E-state index in [1.54, 1.807) is 6.07 Å². The van der Waals surface area contributed by atoms with Gasteiger partial charge >= 0.3 is 0 Å². The van der Waals surface area contributed by atoms with Crippen LogP contribution in [0.2, 0.25) is 0 Å². The zero-order valence-corrected chi connectivity index (χ0v) is 11.2. The predicted octanol–water partition coefficient (Wildman–Crippen LogP) is 3.54. The highest BCUT2D eigenvalue weighted by atomic mass is 79.9. The summed E-state index contributed by atoms with van der Waals surface area (Å²) < 4.78 is 14.0. The Morgan fingerprint density at radius 1 is 1.35 bits per heavy atom. The van der Waals surface area contributed by atoms with E-state index in [0.29, 0.717) is 4.47 Å². The first-order valence-electron chi connectivity index (χ1n) is 6.17. The lowest BCUT2D eigenvalue weighted by molar-refractivity contribution is 0.117. The molecule has 2 saturated carbocycles. The number of rotatable bonds is 3. The SMILES string of the molecule is OCC1(Cc2cccc(F)c2Br)CC2CC2C1. The Bertz CT molecular complexity index is 436. The van der Waals surface area contributed by atoms with Crippen molar-refractivity contribution in [2.45, 2.75) is 25.7 Å². The highest BCUT2D eigenvalue weighted by Crippen LogP contribution is 2.60. The third-order valence-electron chi connectivity index (χ3n) is 4.39. The van der Waals surface area contributed by atoms with Crippen LogP contribution in [0, 0.1) is 23.1 Å². The molecule has 92 valence electrons. The van der Waals surface area contributed by atoms with Gasteiger partial charge in [-0.15, -0.1) is 0 Å². The maximum atomic E-state index is 13.5. The molecule has 2 atom stereocenters. The maximum absolute atomic E-state index is 13.5. The molecule has 0 aliphatic heterocycles.